The van der Waals surface area contributed by atoms with Crippen LogP contribution in [0.5, 0.6) is 0 Å². The van der Waals surface area contributed by atoms with Gasteiger partial charge in [0.2, 0.25) is 0 Å². The second kappa shape index (κ2) is 6.02. The van der Waals surface area contributed by atoms with Gasteiger partial charge in [0, 0.05) is 22.6 Å². The van der Waals surface area contributed by atoms with Crippen molar-refractivity contribution in [2.75, 3.05) is 5.32 Å². The van der Waals surface area contributed by atoms with Crippen LogP contribution in [0.25, 0.3) is 5.69 Å². The minimum Gasteiger partial charge on any atom is -0.322 e. The number of nitrogens with zero attached hydrogens (tertiary/aromatic N) is 5. The minimum absolute atomic E-state index is 0.219. The third-order valence-corrected chi connectivity index (χ3v) is 3.45. The predicted octanol–water partition coefficient (Wildman–Crippen LogP) is 2.38. The highest BCUT2D eigenvalue weighted by Gasteiger charge is 2.09. The molecule has 8 heteroatoms. The molecule has 0 unspecified atom stereocenters. The number of anilines is 1. The number of aromatic nitrogens is 5. The van der Waals surface area contributed by atoms with Crippen molar-refractivity contribution in [3.8, 4) is 5.69 Å². The molecule has 110 valence electrons. The first-order chi connectivity index (χ1) is 10.6. The second-order valence-corrected chi connectivity index (χ2v) is 5.52. The summed E-state index contributed by atoms with van der Waals surface area (Å²) in [7, 11) is 0. The van der Waals surface area contributed by atoms with E-state index in [4.69, 9.17) is 0 Å². The van der Waals surface area contributed by atoms with Crippen molar-refractivity contribution in [2.24, 2.45) is 0 Å². The smallest absolute Gasteiger partial charge is 0.257 e. The van der Waals surface area contributed by atoms with E-state index in [-0.39, 0.29) is 5.91 Å². The summed E-state index contributed by atoms with van der Waals surface area (Å²) in [5.74, 6) is -0.219. The van der Waals surface area contributed by atoms with E-state index in [1.807, 2.05) is 19.1 Å². The number of tetrazole rings is 1. The Hall–Kier alpha value is -2.61. The van der Waals surface area contributed by atoms with E-state index >= 15 is 0 Å². The van der Waals surface area contributed by atoms with Crippen LogP contribution < -0.4 is 5.32 Å². The van der Waals surface area contributed by atoms with Crippen molar-refractivity contribution in [1.29, 1.82) is 0 Å². The van der Waals surface area contributed by atoms with Crippen LogP contribution in [0.2, 0.25) is 0 Å². The first-order valence-electron chi connectivity index (χ1n) is 6.39. The molecule has 1 amide bonds. The molecule has 0 spiro atoms. The Kier molecular flexibility index (Phi) is 3.92. The zero-order valence-electron chi connectivity index (χ0n) is 11.6. The number of pyridine rings is 1. The Bertz CT molecular complexity index is 818. The van der Waals surface area contributed by atoms with E-state index in [1.54, 1.807) is 23.0 Å². The standard InChI is InChI=1S/C14H11BrN6O/c1-9-4-12(2-3-13(9)21-8-17-19-20-21)18-14(22)10-5-11(15)7-16-6-10/h2-8H,1H3,(H,18,22). The summed E-state index contributed by atoms with van der Waals surface area (Å²) in [4.78, 5) is 16.2. The van der Waals surface area contributed by atoms with Crippen molar-refractivity contribution >= 4 is 27.5 Å². The van der Waals surface area contributed by atoms with E-state index in [9.17, 15) is 4.79 Å². The molecule has 0 bridgehead atoms. The molecule has 1 N–H and O–H groups in total. The average Bonchev–Trinajstić information content (AvgIpc) is 3.01. The Labute approximate surface area is 134 Å². The molecule has 0 aliphatic rings. The number of hydrogen-bond donors (Lipinski definition) is 1. The highest BCUT2D eigenvalue weighted by Crippen LogP contribution is 2.19. The third-order valence-electron chi connectivity index (χ3n) is 3.02. The number of aryl methyl sites for hydroxylation is 1. The number of rotatable bonds is 3. The number of nitrogens with one attached hydrogen (secondary N) is 1. The summed E-state index contributed by atoms with van der Waals surface area (Å²) in [5, 5.41) is 13.9. The van der Waals surface area contributed by atoms with Gasteiger partial charge in [-0.2, -0.15) is 0 Å². The molecule has 3 aromatic rings. The highest BCUT2D eigenvalue weighted by molar-refractivity contribution is 9.10. The summed E-state index contributed by atoms with van der Waals surface area (Å²) in [6.07, 6.45) is 4.66. The van der Waals surface area contributed by atoms with Crippen molar-refractivity contribution < 1.29 is 4.79 Å². The van der Waals surface area contributed by atoms with Crippen LogP contribution >= 0.6 is 15.9 Å². The van der Waals surface area contributed by atoms with Gasteiger partial charge in [0.05, 0.1) is 11.3 Å². The Morgan fingerprint density at radius 3 is 2.82 bits per heavy atom. The van der Waals surface area contributed by atoms with Crippen LogP contribution in [0.3, 0.4) is 0 Å². The summed E-state index contributed by atoms with van der Waals surface area (Å²) in [6.45, 7) is 1.92. The average molecular weight is 359 g/mol. The Balaban J connectivity index is 1.81. The van der Waals surface area contributed by atoms with Crippen LogP contribution in [0.4, 0.5) is 5.69 Å². The fourth-order valence-corrected chi connectivity index (χ4v) is 2.37. The molecule has 2 heterocycles. The van der Waals surface area contributed by atoms with Crippen LogP contribution in [-0.2, 0) is 0 Å². The number of hydrogen-bond acceptors (Lipinski definition) is 5. The van der Waals surface area contributed by atoms with Gasteiger partial charge in [-0.15, -0.1) is 5.10 Å². The summed E-state index contributed by atoms with van der Waals surface area (Å²) >= 11 is 3.30. The molecule has 0 saturated heterocycles. The van der Waals surface area contributed by atoms with Gasteiger partial charge < -0.3 is 5.32 Å². The molecule has 7 nitrogen and oxygen atoms in total. The SMILES string of the molecule is Cc1cc(NC(=O)c2cncc(Br)c2)ccc1-n1cnnn1. The molecular formula is C14H11BrN6O. The summed E-state index contributed by atoms with van der Waals surface area (Å²) in [5.41, 5.74) is 2.97. The molecule has 0 aliphatic carbocycles. The Morgan fingerprint density at radius 2 is 2.14 bits per heavy atom. The van der Waals surface area contributed by atoms with E-state index < -0.39 is 0 Å². The van der Waals surface area contributed by atoms with Gasteiger partial charge in [0.15, 0.2) is 0 Å². The number of carbonyl (C=O) groups is 1. The van der Waals surface area contributed by atoms with Crippen molar-refractivity contribution in [2.45, 2.75) is 6.92 Å². The van der Waals surface area contributed by atoms with Crippen LogP contribution in [0.15, 0.2) is 47.5 Å². The number of amides is 1. The van der Waals surface area contributed by atoms with Gasteiger partial charge in [-0.25, -0.2) is 4.68 Å². The molecule has 0 fully saturated rings. The van der Waals surface area contributed by atoms with E-state index in [2.05, 4.69) is 41.8 Å². The normalized spacial score (nSPS) is 10.5. The molecule has 2 aromatic heterocycles. The fraction of sp³-hybridized carbons (Fsp3) is 0.0714. The molecule has 0 saturated carbocycles. The van der Waals surface area contributed by atoms with E-state index in [0.717, 1.165) is 15.7 Å². The lowest BCUT2D eigenvalue weighted by Crippen LogP contribution is -2.12. The molecule has 1 aromatic carbocycles. The second-order valence-electron chi connectivity index (χ2n) is 4.60. The number of carbonyl (C=O) groups excluding carboxylic acids is 1. The van der Waals surface area contributed by atoms with Gasteiger partial charge >= 0.3 is 0 Å². The first-order valence-corrected chi connectivity index (χ1v) is 7.19. The fourth-order valence-electron chi connectivity index (χ4n) is 2.00. The first kappa shape index (κ1) is 14.3. The lowest BCUT2D eigenvalue weighted by molar-refractivity contribution is 0.102. The Morgan fingerprint density at radius 1 is 1.27 bits per heavy atom. The van der Waals surface area contributed by atoms with E-state index in [1.165, 1.54) is 12.5 Å². The number of halogens is 1. The van der Waals surface area contributed by atoms with Crippen molar-refractivity contribution in [3.63, 3.8) is 0 Å². The lowest BCUT2D eigenvalue weighted by Gasteiger charge is -2.09. The zero-order valence-corrected chi connectivity index (χ0v) is 13.1. The van der Waals surface area contributed by atoms with Gasteiger partial charge in [-0.1, -0.05) is 0 Å². The molecule has 22 heavy (non-hydrogen) atoms. The molecule has 3 rings (SSSR count). The highest BCUT2D eigenvalue weighted by atomic mass is 79.9. The molecule has 0 atom stereocenters. The van der Waals surface area contributed by atoms with Crippen LogP contribution in [-0.4, -0.2) is 31.1 Å². The maximum absolute atomic E-state index is 12.2. The maximum atomic E-state index is 12.2. The quantitative estimate of drug-likeness (QED) is 0.776. The minimum atomic E-state index is -0.219. The van der Waals surface area contributed by atoms with Crippen LogP contribution in [0, 0.1) is 6.92 Å². The topological polar surface area (TPSA) is 85.6 Å². The van der Waals surface area contributed by atoms with Gasteiger partial charge in [-0.3, -0.25) is 9.78 Å². The van der Waals surface area contributed by atoms with Crippen molar-refractivity contribution in [1.82, 2.24) is 25.2 Å². The monoisotopic (exact) mass is 358 g/mol. The lowest BCUT2D eigenvalue weighted by atomic mass is 10.1. The number of benzene rings is 1. The van der Waals surface area contributed by atoms with Gasteiger partial charge in [0.25, 0.3) is 5.91 Å². The predicted molar refractivity (Wildman–Crippen MR) is 83.8 cm³/mol. The summed E-state index contributed by atoms with van der Waals surface area (Å²) < 4.78 is 2.32. The molecule has 0 radical (unpaired) electrons. The third kappa shape index (κ3) is 3.01. The molecular weight excluding hydrogens is 348 g/mol. The largest absolute Gasteiger partial charge is 0.322 e. The van der Waals surface area contributed by atoms with Gasteiger partial charge in [-0.05, 0) is 63.1 Å². The van der Waals surface area contributed by atoms with Crippen molar-refractivity contribution in [3.05, 3.63) is 58.6 Å². The van der Waals surface area contributed by atoms with Gasteiger partial charge in [0.1, 0.15) is 6.33 Å². The maximum Gasteiger partial charge on any atom is 0.257 e. The van der Waals surface area contributed by atoms with E-state index in [0.29, 0.717) is 11.3 Å². The zero-order chi connectivity index (χ0) is 15.5. The summed E-state index contributed by atoms with van der Waals surface area (Å²) in [6, 6.07) is 7.22. The van der Waals surface area contributed by atoms with Crippen LogP contribution in [0.1, 0.15) is 15.9 Å². The molecule has 0 aliphatic heterocycles.